The van der Waals surface area contributed by atoms with Crippen LogP contribution in [0.25, 0.3) is 0 Å². The maximum Gasteiger partial charge on any atom is 0.131 e. The summed E-state index contributed by atoms with van der Waals surface area (Å²) in [5.74, 6) is -1.06. The van der Waals surface area contributed by atoms with Crippen LogP contribution in [0.15, 0.2) is 28.1 Å². The molecular weight excluding hydrogens is 320 g/mol. The van der Waals surface area contributed by atoms with E-state index >= 15 is 0 Å². The molecule has 0 saturated carbocycles. The van der Waals surface area contributed by atoms with E-state index in [1.54, 1.807) is 18.4 Å². The van der Waals surface area contributed by atoms with Gasteiger partial charge in [0.1, 0.15) is 11.6 Å². The van der Waals surface area contributed by atoms with E-state index in [-0.39, 0.29) is 5.56 Å². The number of hydrogen-bond acceptors (Lipinski definition) is 2. The smallest absolute Gasteiger partial charge is 0.131 e. The molecule has 18 heavy (non-hydrogen) atoms. The molecule has 1 atom stereocenters. The van der Waals surface area contributed by atoms with Crippen LogP contribution in [-0.2, 0) is 0 Å². The number of nitrogens with one attached hydrogen (secondary N) is 1. The van der Waals surface area contributed by atoms with Crippen molar-refractivity contribution in [2.75, 3.05) is 7.05 Å². The van der Waals surface area contributed by atoms with E-state index in [9.17, 15) is 8.78 Å². The zero-order valence-electron chi connectivity index (χ0n) is 9.93. The Bertz CT molecular complexity index is 548. The molecule has 1 nitrogen and oxygen atoms in total. The Balaban J connectivity index is 2.55. The van der Waals surface area contributed by atoms with Crippen molar-refractivity contribution in [1.82, 2.24) is 5.32 Å². The highest BCUT2D eigenvalue weighted by Crippen LogP contribution is 2.35. The highest BCUT2D eigenvalue weighted by molar-refractivity contribution is 9.11. The van der Waals surface area contributed by atoms with Gasteiger partial charge < -0.3 is 5.32 Å². The van der Waals surface area contributed by atoms with E-state index in [2.05, 4.69) is 21.2 Å². The van der Waals surface area contributed by atoms with Crippen molar-refractivity contribution in [3.8, 4) is 0 Å². The fourth-order valence-corrected chi connectivity index (χ4v) is 3.74. The third-order valence-corrected chi connectivity index (χ3v) is 4.38. The molecule has 0 spiro atoms. The largest absolute Gasteiger partial charge is 0.309 e. The number of aryl methyl sites for hydroxylation is 1. The Labute approximate surface area is 117 Å². The molecule has 1 heterocycles. The lowest BCUT2D eigenvalue weighted by molar-refractivity contribution is 0.522. The first kappa shape index (κ1) is 13.6. The minimum absolute atomic E-state index is 0.0633. The number of rotatable bonds is 3. The van der Waals surface area contributed by atoms with Crippen molar-refractivity contribution >= 4 is 27.3 Å². The van der Waals surface area contributed by atoms with Crippen molar-refractivity contribution in [3.63, 3.8) is 0 Å². The predicted octanol–water partition coefficient (Wildman–Crippen LogP) is 4.41. The second kappa shape index (κ2) is 5.47. The molecule has 1 unspecified atom stereocenters. The number of hydrogen-bond donors (Lipinski definition) is 1. The van der Waals surface area contributed by atoms with E-state index in [1.807, 2.05) is 13.0 Å². The van der Waals surface area contributed by atoms with E-state index in [0.717, 1.165) is 14.2 Å². The van der Waals surface area contributed by atoms with Crippen LogP contribution in [0.2, 0.25) is 0 Å². The van der Waals surface area contributed by atoms with Gasteiger partial charge in [-0.05, 0) is 53.7 Å². The Hall–Kier alpha value is -0.780. The molecule has 0 bridgehead atoms. The predicted molar refractivity (Wildman–Crippen MR) is 74.0 cm³/mol. The van der Waals surface area contributed by atoms with Gasteiger partial charge >= 0.3 is 0 Å². The molecular formula is C13H12BrF2NS. The van der Waals surface area contributed by atoms with Gasteiger partial charge in [-0.15, -0.1) is 11.3 Å². The molecule has 0 fully saturated rings. The van der Waals surface area contributed by atoms with Gasteiger partial charge in [-0.3, -0.25) is 0 Å². The van der Waals surface area contributed by atoms with E-state index in [1.165, 1.54) is 18.2 Å². The van der Waals surface area contributed by atoms with Crippen LogP contribution in [0, 0.1) is 18.6 Å². The van der Waals surface area contributed by atoms with Crippen molar-refractivity contribution in [1.29, 1.82) is 0 Å². The summed E-state index contributed by atoms with van der Waals surface area (Å²) in [5.41, 5.74) is 0.951. The van der Waals surface area contributed by atoms with Gasteiger partial charge in [-0.25, -0.2) is 8.78 Å². The second-order valence-electron chi connectivity index (χ2n) is 3.92. The minimum Gasteiger partial charge on any atom is -0.309 e. The Morgan fingerprint density at radius 3 is 2.33 bits per heavy atom. The van der Waals surface area contributed by atoms with Crippen LogP contribution in [0.1, 0.15) is 22.0 Å². The van der Waals surface area contributed by atoms with Crippen molar-refractivity contribution in [2.45, 2.75) is 13.0 Å². The van der Waals surface area contributed by atoms with Crippen LogP contribution in [0.4, 0.5) is 8.78 Å². The summed E-state index contributed by atoms with van der Waals surface area (Å²) in [4.78, 5) is 1.03. The molecule has 1 aromatic carbocycles. The molecule has 2 rings (SSSR count). The monoisotopic (exact) mass is 331 g/mol. The summed E-state index contributed by atoms with van der Waals surface area (Å²) in [6.07, 6.45) is 0. The van der Waals surface area contributed by atoms with E-state index in [0.29, 0.717) is 0 Å². The van der Waals surface area contributed by atoms with Crippen LogP contribution in [0.3, 0.4) is 0 Å². The maximum absolute atomic E-state index is 13.8. The standard InChI is InChI=1S/C13H12BrF2NS/c1-7-8(6-11(14)18-7)13(17-2)12-9(15)4-3-5-10(12)16/h3-6,13,17H,1-2H3. The van der Waals surface area contributed by atoms with Gasteiger partial charge in [0, 0.05) is 10.4 Å². The van der Waals surface area contributed by atoms with Crippen LogP contribution in [0.5, 0.6) is 0 Å². The molecule has 0 amide bonds. The Morgan fingerprint density at radius 1 is 1.28 bits per heavy atom. The zero-order chi connectivity index (χ0) is 13.3. The van der Waals surface area contributed by atoms with Gasteiger partial charge in [-0.2, -0.15) is 0 Å². The van der Waals surface area contributed by atoms with Crippen LogP contribution >= 0.6 is 27.3 Å². The zero-order valence-corrected chi connectivity index (χ0v) is 12.3. The quantitative estimate of drug-likeness (QED) is 0.878. The molecule has 0 aliphatic rings. The average molecular weight is 332 g/mol. The van der Waals surface area contributed by atoms with Crippen LogP contribution in [-0.4, -0.2) is 7.05 Å². The van der Waals surface area contributed by atoms with Gasteiger partial charge in [0.05, 0.1) is 9.83 Å². The number of halogens is 3. The fourth-order valence-electron chi connectivity index (χ4n) is 1.99. The lowest BCUT2D eigenvalue weighted by Gasteiger charge is -2.18. The molecule has 0 aliphatic carbocycles. The molecule has 96 valence electrons. The molecule has 0 radical (unpaired) electrons. The van der Waals surface area contributed by atoms with Crippen molar-refractivity contribution < 1.29 is 8.78 Å². The second-order valence-corrected chi connectivity index (χ2v) is 6.55. The molecule has 0 saturated heterocycles. The average Bonchev–Trinajstić information content (AvgIpc) is 2.63. The van der Waals surface area contributed by atoms with Gasteiger partial charge in [0.25, 0.3) is 0 Å². The number of benzene rings is 1. The SMILES string of the molecule is CNC(c1cc(Br)sc1C)c1c(F)cccc1F. The summed E-state index contributed by atoms with van der Waals surface area (Å²) in [6.45, 7) is 1.94. The summed E-state index contributed by atoms with van der Waals surface area (Å²) < 4.78 is 28.6. The summed E-state index contributed by atoms with van der Waals surface area (Å²) in [5, 5.41) is 2.98. The highest BCUT2D eigenvalue weighted by Gasteiger charge is 2.23. The Kier molecular flexibility index (Phi) is 4.14. The maximum atomic E-state index is 13.8. The minimum atomic E-state index is -0.531. The van der Waals surface area contributed by atoms with Gasteiger partial charge in [0.2, 0.25) is 0 Å². The molecule has 2 aromatic rings. The summed E-state index contributed by atoms with van der Waals surface area (Å²) in [6, 6.07) is 5.34. The lowest BCUT2D eigenvalue weighted by atomic mass is 9.98. The first-order chi connectivity index (χ1) is 8.54. The summed E-state index contributed by atoms with van der Waals surface area (Å²) >= 11 is 4.94. The molecule has 5 heteroatoms. The molecule has 0 aliphatic heterocycles. The number of thiophene rings is 1. The third kappa shape index (κ3) is 2.48. The lowest BCUT2D eigenvalue weighted by Crippen LogP contribution is -2.20. The molecule has 1 N–H and O–H groups in total. The van der Waals surface area contributed by atoms with Gasteiger partial charge in [0.15, 0.2) is 0 Å². The van der Waals surface area contributed by atoms with Crippen molar-refractivity contribution in [3.05, 3.63) is 55.7 Å². The van der Waals surface area contributed by atoms with E-state index in [4.69, 9.17) is 0 Å². The topological polar surface area (TPSA) is 12.0 Å². The normalized spacial score (nSPS) is 12.7. The Morgan fingerprint density at radius 2 is 1.89 bits per heavy atom. The third-order valence-electron chi connectivity index (χ3n) is 2.81. The fraction of sp³-hybridized carbons (Fsp3) is 0.231. The summed E-state index contributed by atoms with van der Waals surface area (Å²) in [7, 11) is 1.70. The van der Waals surface area contributed by atoms with E-state index < -0.39 is 17.7 Å². The van der Waals surface area contributed by atoms with Gasteiger partial charge in [-0.1, -0.05) is 6.07 Å². The molecule has 1 aromatic heterocycles. The van der Waals surface area contributed by atoms with Crippen molar-refractivity contribution in [2.24, 2.45) is 0 Å². The first-order valence-corrected chi connectivity index (χ1v) is 7.02. The first-order valence-electron chi connectivity index (χ1n) is 5.41. The highest BCUT2D eigenvalue weighted by atomic mass is 79.9. The van der Waals surface area contributed by atoms with Crippen LogP contribution < -0.4 is 5.32 Å².